The Labute approximate surface area is 113 Å². The molecule has 1 aromatic heterocycles. The van der Waals surface area contributed by atoms with E-state index in [-0.39, 0.29) is 5.82 Å². The van der Waals surface area contributed by atoms with Gasteiger partial charge in [-0.15, -0.1) is 0 Å². The number of nitrogen functional groups attached to an aromatic ring is 1. The summed E-state index contributed by atoms with van der Waals surface area (Å²) in [5, 5.41) is 3.67. The zero-order valence-electron chi connectivity index (χ0n) is 10.3. The Balaban J connectivity index is 1.98. The molecule has 0 fully saturated rings. The molecule has 0 spiro atoms. The summed E-state index contributed by atoms with van der Waals surface area (Å²) in [6.45, 7) is 1.92. The second-order valence-corrected chi connectivity index (χ2v) is 5.39. The number of anilines is 3. The molecule has 2 aromatic carbocycles. The van der Waals surface area contributed by atoms with Crippen molar-refractivity contribution in [1.82, 2.24) is 4.98 Å². The van der Waals surface area contributed by atoms with Crippen LogP contribution in [-0.4, -0.2) is 4.98 Å². The van der Waals surface area contributed by atoms with Crippen LogP contribution >= 0.6 is 11.3 Å². The van der Waals surface area contributed by atoms with Crippen molar-refractivity contribution in [3.8, 4) is 0 Å². The van der Waals surface area contributed by atoms with Crippen LogP contribution in [0.1, 0.15) is 5.56 Å². The lowest BCUT2D eigenvalue weighted by atomic mass is 10.2. The van der Waals surface area contributed by atoms with Crippen molar-refractivity contribution >= 4 is 38.1 Å². The molecule has 3 rings (SSSR count). The normalized spacial score (nSPS) is 10.8. The third kappa shape index (κ3) is 2.37. The van der Waals surface area contributed by atoms with E-state index in [1.54, 1.807) is 18.2 Å². The molecule has 0 bridgehead atoms. The van der Waals surface area contributed by atoms with Crippen molar-refractivity contribution in [1.29, 1.82) is 0 Å². The molecule has 0 atom stereocenters. The van der Waals surface area contributed by atoms with E-state index in [1.165, 1.54) is 17.4 Å². The lowest BCUT2D eigenvalue weighted by molar-refractivity contribution is 0.631. The van der Waals surface area contributed by atoms with Gasteiger partial charge in [-0.3, -0.25) is 0 Å². The van der Waals surface area contributed by atoms with E-state index in [4.69, 9.17) is 5.73 Å². The Morgan fingerprint density at radius 2 is 2.05 bits per heavy atom. The number of nitrogens with two attached hydrogens (primary N) is 1. The quantitative estimate of drug-likeness (QED) is 0.692. The number of benzene rings is 2. The Morgan fingerprint density at radius 3 is 2.89 bits per heavy atom. The molecule has 0 saturated heterocycles. The van der Waals surface area contributed by atoms with Gasteiger partial charge in [0.15, 0.2) is 5.13 Å². The Hall–Kier alpha value is -2.14. The van der Waals surface area contributed by atoms with Crippen LogP contribution in [0.4, 0.5) is 20.9 Å². The highest BCUT2D eigenvalue weighted by atomic mass is 32.1. The highest BCUT2D eigenvalue weighted by molar-refractivity contribution is 7.22. The van der Waals surface area contributed by atoms with Crippen molar-refractivity contribution in [3.63, 3.8) is 0 Å². The standard InChI is InChI=1S/C14H12FN3S/c1-8-2-4-10(15)12(6-8)18-14-17-11-5-3-9(16)7-13(11)19-14/h2-7H,16H2,1H3,(H,17,18). The van der Waals surface area contributed by atoms with Crippen molar-refractivity contribution in [2.24, 2.45) is 0 Å². The lowest BCUT2D eigenvalue weighted by Gasteiger charge is -2.04. The fourth-order valence-corrected chi connectivity index (χ4v) is 2.77. The molecule has 0 amide bonds. The maximum Gasteiger partial charge on any atom is 0.188 e. The third-order valence-electron chi connectivity index (χ3n) is 2.78. The predicted molar refractivity (Wildman–Crippen MR) is 78.5 cm³/mol. The maximum atomic E-state index is 13.7. The van der Waals surface area contributed by atoms with Gasteiger partial charge in [-0.2, -0.15) is 0 Å². The number of nitrogens with one attached hydrogen (secondary N) is 1. The summed E-state index contributed by atoms with van der Waals surface area (Å²) in [5.74, 6) is -0.288. The number of nitrogens with zero attached hydrogens (tertiary/aromatic N) is 1. The molecule has 96 valence electrons. The number of hydrogen-bond acceptors (Lipinski definition) is 4. The summed E-state index contributed by atoms with van der Waals surface area (Å²) in [6, 6.07) is 10.5. The van der Waals surface area contributed by atoms with Crippen LogP contribution in [0.2, 0.25) is 0 Å². The molecule has 0 unspecified atom stereocenters. The molecule has 1 heterocycles. The van der Waals surface area contributed by atoms with Crippen LogP contribution in [0, 0.1) is 12.7 Å². The van der Waals surface area contributed by atoms with Crippen molar-refractivity contribution < 1.29 is 4.39 Å². The van der Waals surface area contributed by atoms with Gasteiger partial charge in [0.1, 0.15) is 5.82 Å². The zero-order valence-corrected chi connectivity index (χ0v) is 11.1. The fourth-order valence-electron chi connectivity index (χ4n) is 1.84. The van der Waals surface area contributed by atoms with Gasteiger partial charge in [-0.25, -0.2) is 9.37 Å². The summed E-state index contributed by atoms with van der Waals surface area (Å²) in [5.41, 5.74) is 8.71. The van der Waals surface area contributed by atoms with Gasteiger partial charge in [-0.05, 0) is 42.8 Å². The first-order valence-electron chi connectivity index (χ1n) is 5.81. The maximum absolute atomic E-state index is 13.7. The van der Waals surface area contributed by atoms with Crippen molar-refractivity contribution in [2.45, 2.75) is 6.92 Å². The Morgan fingerprint density at radius 1 is 1.21 bits per heavy atom. The van der Waals surface area contributed by atoms with E-state index in [2.05, 4.69) is 10.3 Å². The number of aromatic nitrogens is 1. The minimum atomic E-state index is -0.288. The first-order valence-corrected chi connectivity index (χ1v) is 6.63. The monoisotopic (exact) mass is 273 g/mol. The van der Waals surface area contributed by atoms with Gasteiger partial charge in [0.2, 0.25) is 0 Å². The van der Waals surface area contributed by atoms with Crippen LogP contribution in [0.3, 0.4) is 0 Å². The Bertz CT molecular complexity index is 752. The van der Waals surface area contributed by atoms with E-state index in [0.29, 0.717) is 16.5 Å². The van der Waals surface area contributed by atoms with Gasteiger partial charge in [0.25, 0.3) is 0 Å². The summed E-state index contributed by atoms with van der Waals surface area (Å²) < 4.78 is 14.7. The van der Waals surface area contributed by atoms with E-state index in [9.17, 15) is 4.39 Å². The van der Waals surface area contributed by atoms with Crippen LogP contribution in [-0.2, 0) is 0 Å². The minimum Gasteiger partial charge on any atom is -0.399 e. The highest BCUT2D eigenvalue weighted by Gasteiger charge is 2.07. The third-order valence-corrected chi connectivity index (χ3v) is 3.71. The van der Waals surface area contributed by atoms with Crippen LogP contribution in [0.25, 0.3) is 10.2 Å². The largest absolute Gasteiger partial charge is 0.399 e. The second kappa shape index (κ2) is 4.51. The lowest BCUT2D eigenvalue weighted by Crippen LogP contribution is -1.93. The Kier molecular flexibility index (Phi) is 2.83. The smallest absolute Gasteiger partial charge is 0.188 e. The molecule has 0 aliphatic carbocycles. The average molecular weight is 273 g/mol. The molecular weight excluding hydrogens is 261 g/mol. The van der Waals surface area contributed by atoms with Crippen LogP contribution in [0.15, 0.2) is 36.4 Å². The number of fused-ring (bicyclic) bond motifs is 1. The SMILES string of the molecule is Cc1ccc(F)c(Nc2nc3ccc(N)cc3s2)c1. The zero-order chi connectivity index (χ0) is 13.4. The molecular formula is C14H12FN3S. The highest BCUT2D eigenvalue weighted by Crippen LogP contribution is 2.30. The van der Waals surface area contributed by atoms with Gasteiger partial charge in [0.05, 0.1) is 15.9 Å². The molecule has 0 aliphatic heterocycles. The van der Waals surface area contributed by atoms with E-state index in [1.807, 2.05) is 19.1 Å². The summed E-state index contributed by atoms with van der Waals surface area (Å²) in [4.78, 5) is 4.41. The first-order chi connectivity index (χ1) is 9.11. The molecule has 0 saturated carbocycles. The molecule has 0 aliphatic rings. The number of hydrogen-bond donors (Lipinski definition) is 2. The predicted octanol–water partition coefficient (Wildman–Crippen LogP) is 4.07. The number of aryl methyl sites for hydroxylation is 1. The van der Waals surface area contributed by atoms with E-state index in [0.717, 1.165) is 15.8 Å². The molecule has 3 aromatic rings. The van der Waals surface area contributed by atoms with Gasteiger partial charge >= 0.3 is 0 Å². The van der Waals surface area contributed by atoms with E-state index < -0.39 is 0 Å². The van der Waals surface area contributed by atoms with Crippen LogP contribution in [0.5, 0.6) is 0 Å². The number of thiazole rings is 1. The van der Waals surface area contributed by atoms with Crippen molar-refractivity contribution in [2.75, 3.05) is 11.1 Å². The van der Waals surface area contributed by atoms with E-state index >= 15 is 0 Å². The molecule has 0 radical (unpaired) electrons. The summed E-state index contributed by atoms with van der Waals surface area (Å²) in [7, 11) is 0. The van der Waals surface area contributed by atoms with Gasteiger partial charge < -0.3 is 11.1 Å². The topological polar surface area (TPSA) is 50.9 Å². The number of halogens is 1. The first kappa shape index (κ1) is 11.9. The van der Waals surface area contributed by atoms with Crippen LogP contribution < -0.4 is 11.1 Å². The van der Waals surface area contributed by atoms with Gasteiger partial charge in [0, 0.05) is 5.69 Å². The molecule has 3 nitrogen and oxygen atoms in total. The number of rotatable bonds is 2. The van der Waals surface area contributed by atoms with Gasteiger partial charge in [-0.1, -0.05) is 17.4 Å². The minimum absolute atomic E-state index is 0.288. The fraction of sp³-hybridized carbons (Fsp3) is 0.0714. The summed E-state index contributed by atoms with van der Waals surface area (Å²) in [6.07, 6.45) is 0. The second-order valence-electron chi connectivity index (χ2n) is 4.35. The summed E-state index contributed by atoms with van der Waals surface area (Å²) >= 11 is 1.45. The molecule has 5 heteroatoms. The van der Waals surface area contributed by atoms with Crippen molar-refractivity contribution in [3.05, 3.63) is 47.8 Å². The molecule has 3 N–H and O–H groups in total. The molecule has 19 heavy (non-hydrogen) atoms. The average Bonchev–Trinajstić information content (AvgIpc) is 2.75.